The Kier molecular flexibility index (Phi) is 9.83. The van der Waals surface area contributed by atoms with Crippen molar-refractivity contribution in [3.8, 4) is 10.6 Å². The predicted molar refractivity (Wildman–Crippen MR) is 173 cm³/mol. The first-order chi connectivity index (χ1) is 20.4. The lowest BCUT2D eigenvalue weighted by molar-refractivity contribution is -0.114. The molecule has 0 saturated carbocycles. The number of hydrogen-bond donors (Lipinski definition) is 3. The van der Waals surface area contributed by atoms with Crippen LogP contribution in [0.2, 0.25) is 5.02 Å². The maximum Gasteiger partial charge on any atom is 0.272 e. The van der Waals surface area contributed by atoms with Crippen LogP contribution in [0.3, 0.4) is 0 Å². The summed E-state index contributed by atoms with van der Waals surface area (Å²) in [5.74, 6) is -0.948. The minimum absolute atomic E-state index is 0.0499. The lowest BCUT2D eigenvalue weighted by Gasteiger charge is -2.12. The highest BCUT2D eigenvalue weighted by atomic mass is 35.5. The topological polar surface area (TPSA) is 100 Å². The largest absolute Gasteiger partial charge is 0.321 e. The molecule has 11 heteroatoms. The van der Waals surface area contributed by atoms with Gasteiger partial charge in [0, 0.05) is 26.5 Å². The highest BCUT2D eigenvalue weighted by molar-refractivity contribution is 8.00. The second-order valence-corrected chi connectivity index (χ2v) is 12.1. The number of benzene rings is 3. The number of halogens is 1. The van der Waals surface area contributed by atoms with Crippen LogP contribution in [-0.4, -0.2) is 28.5 Å². The summed E-state index contributed by atoms with van der Waals surface area (Å²) < 4.78 is 0. The van der Waals surface area contributed by atoms with Gasteiger partial charge in [0.15, 0.2) is 5.13 Å². The van der Waals surface area contributed by atoms with Gasteiger partial charge in [0.2, 0.25) is 5.91 Å². The summed E-state index contributed by atoms with van der Waals surface area (Å²) in [4.78, 5) is 45.1. The van der Waals surface area contributed by atoms with Gasteiger partial charge in [-0.25, -0.2) is 4.98 Å². The molecule has 0 radical (unpaired) electrons. The van der Waals surface area contributed by atoms with E-state index in [0.717, 1.165) is 15.5 Å². The second kappa shape index (κ2) is 14.1. The van der Waals surface area contributed by atoms with Gasteiger partial charge in [0.1, 0.15) is 5.70 Å². The van der Waals surface area contributed by atoms with E-state index in [-0.39, 0.29) is 17.4 Å². The average Bonchev–Trinajstić information content (AvgIpc) is 3.69. The van der Waals surface area contributed by atoms with Crippen LogP contribution in [0.5, 0.6) is 0 Å². The van der Waals surface area contributed by atoms with Crippen LogP contribution in [0.4, 0.5) is 10.8 Å². The fourth-order valence-electron chi connectivity index (χ4n) is 3.74. The van der Waals surface area contributed by atoms with Gasteiger partial charge in [-0.05, 0) is 65.6 Å². The van der Waals surface area contributed by atoms with E-state index < -0.39 is 11.8 Å². The van der Waals surface area contributed by atoms with Crippen molar-refractivity contribution in [2.45, 2.75) is 4.90 Å². The van der Waals surface area contributed by atoms with Gasteiger partial charge in [-0.1, -0.05) is 54.1 Å². The fourth-order valence-corrected chi connectivity index (χ4v) is 6.18. The van der Waals surface area contributed by atoms with Crippen LogP contribution in [0.25, 0.3) is 16.6 Å². The molecular weight excluding hydrogens is 608 g/mol. The minimum Gasteiger partial charge on any atom is -0.321 e. The predicted octanol–water partition coefficient (Wildman–Crippen LogP) is 7.67. The van der Waals surface area contributed by atoms with Crippen LogP contribution in [0.15, 0.2) is 112 Å². The van der Waals surface area contributed by atoms with E-state index in [4.69, 9.17) is 11.6 Å². The minimum atomic E-state index is -0.510. The smallest absolute Gasteiger partial charge is 0.272 e. The van der Waals surface area contributed by atoms with E-state index in [1.54, 1.807) is 84.1 Å². The summed E-state index contributed by atoms with van der Waals surface area (Å²) in [5, 5.41) is 13.3. The Morgan fingerprint density at radius 2 is 1.71 bits per heavy atom. The highest BCUT2D eigenvalue weighted by Crippen LogP contribution is 2.29. The normalized spacial score (nSPS) is 11.1. The zero-order chi connectivity index (χ0) is 29.3. The fraction of sp³-hybridized carbons (Fsp3) is 0.0323. The highest BCUT2D eigenvalue weighted by Gasteiger charge is 2.16. The Hall–Kier alpha value is -4.22. The quantitative estimate of drug-likeness (QED) is 0.109. The number of rotatable bonds is 10. The van der Waals surface area contributed by atoms with Gasteiger partial charge in [0.05, 0.1) is 16.3 Å². The molecule has 0 bridgehead atoms. The van der Waals surface area contributed by atoms with Crippen molar-refractivity contribution in [3.05, 3.63) is 124 Å². The van der Waals surface area contributed by atoms with Crippen LogP contribution >= 0.6 is 46.0 Å². The maximum absolute atomic E-state index is 13.3. The molecule has 2 aromatic heterocycles. The first-order valence-corrected chi connectivity index (χ1v) is 15.7. The molecule has 0 saturated heterocycles. The molecule has 42 heavy (non-hydrogen) atoms. The monoisotopic (exact) mass is 630 g/mol. The van der Waals surface area contributed by atoms with Crippen molar-refractivity contribution in [1.82, 2.24) is 10.3 Å². The van der Waals surface area contributed by atoms with Crippen molar-refractivity contribution < 1.29 is 14.4 Å². The third kappa shape index (κ3) is 8.17. The molecule has 210 valence electrons. The summed E-state index contributed by atoms with van der Waals surface area (Å²) in [6, 6.07) is 26.7. The van der Waals surface area contributed by atoms with E-state index in [9.17, 15) is 14.4 Å². The molecule has 0 aliphatic carbocycles. The van der Waals surface area contributed by atoms with Crippen molar-refractivity contribution in [3.63, 3.8) is 0 Å². The number of anilines is 2. The first kappa shape index (κ1) is 29.3. The van der Waals surface area contributed by atoms with Gasteiger partial charge in [-0.2, -0.15) is 0 Å². The Labute approximate surface area is 259 Å². The molecule has 0 atom stereocenters. The number of hydrogen-bond acceptors (Lipinski definition) is 7. The standard InChI is InChI=1S/C31H23ClN4O3S3/c32-22-10-4-7-20(15-22)16-25(34-29(38)21-8-2-1-3-9-21)30(39)33-23-11-5-12-24(17-23)41-19-28(37)36-31-35-26(18-42-31)27-13-6-14-40-27/h1-18H,19H2,(H,33,39)(H,34,38)(H,35,36,37)/b25-16-. The zero-order valence-electron chi connectivity index (χ0n) is 21.9. The first-order valence-electron chi connectivity index (χ1n) is 12.6. The van der Waals surface area contributed by atoms with E-state index in [0.29, 0.717) is 27.0 Å². The van der Waals surface area contributed by atoms with E-state index in [1.165, 1.54) is 23.1 Å². The van der Waals surface area contributed by atoms with Gasteiger partial charge in [-0.3, -0.25) is 14.4 Å². The number of thioether (sulfide) groups is 1. The Balaban J connectivity index is 1.23. The third-order valence-corrected chi connectivity index (χ3v) is 8.55. The molecule has 2 heterocycles. The van der Waals surface area contributed by atoms with E-state index in [2.05, 4.69) is 20.9 Å². The molecule has 0 aliphatic heterocycles. The zero-order valence-corrected chi connectivity index (χ0v) is 25.1. The molecule has 5 aromatic rings. The Morgan fingerprint density at radius 3 is 2.50 bits per heavy atom. The van der Waals surface area contributed by atoms with Crippen molar-refractivity contribution in [2.75, 3.05) is 16.4 Å². The van der Waals surface area contributed by atoms with Gasteiger partial charge in [0.25, 0.3) is 11.8 Å². The summed E-state index contributed by atoms with van der Waals surface area (Å²) in [5.41, 5.74) is 2.47. The van der Waals surface area contributed by atoms with Crippen molar-refractivity contribution in [2.24, 2.45) is 0 Å². The molecule has 0 aliphatic rings. The van der Waals surface area contributed by atoms with Gasteiger partial charge < -0.3 is 16.0 Å². The molecule has 3 aromatic carbocycles. The molecule has 0 fully saturated rings. The number of nitrogens with zero attached hydrogens (tertiary/aromatic N) is 1. The molecular formula is C31H23ClN4O3S3. The van der Waals surface area contributed by atoms with Crippen LogP contribution in [0, 0.1) is 0 Å². The SMILES string of the molecule is O=C(CSc1cccc(NC(=O)/C(=C/c2cccc(Cl)c2)NC(=O)c2ccccc2)c1)Nc1nc(-c2cccs2)cs1. The summed E-state index contributed by atoms with van der Waals surface area (Å²) in [6.45, 7) is 0. The average molecular weight is 631 g/mol. The molecule has 7 nitrogen and oxygen atoms in total. The number of nitrogens with one attached hydrogen (secondary N) is 3. The number of carbonyl (C=O) groups excluding carboxylic acids is 3. The van der Waals surface area contributed by atoms with Crippen LogP contribution < -0.4 is 16.0 Å². The Morgan fingerprint density at radius 1 is 0.881 bits per heavy atom. The summed E-state index contributed by atoms with van der Waals surface area (Å²) >= 11 is 10.4. The number of carbonyl (C=O) groups is 3. The molecule has 5 rings (SSSR count). The number of amides is 3. The number of aromatic nitrogens is 1. The lowest BCUT2D eigenvalue weighted by atomic mass is 10.1. The molecule has 0 unspecified atom stereocenters. The molecule has 3 amide bonds. The molecule has 3 N–H and O–H groups in total. The second-order valence-electron chi connectivity index (χ2n) is 8.77. The van der Waals surface area contributed by atoms with Gasteiger partial charge >= 0.3 is 0 Å². The number of thiophene rings is 1. The van der Waals surface area contributed by atoms with Gasteiger partial charge in [-0.15, -0.1) is 34.4 Å². The third-order valence-electron chi connectivity index (χ3n) is 5.67. The van der Waals surface area contributed by atoms with E-state index >= 15 is 0 Å². The van der Waals surface area contributed by atoms with E-state index in [1.807, 2.05) is 35.0 Å². The summed E-state index contributed by atoms with van der Waals surface area (Å²) in [7, 11) is 0. The Bertz CT molecular complexity index is 1740. The lowest BCUT2D eigenvalue weighted by Crippen LogP contribution is -2.30. The van der Waals surface area contributed by atoms with Crippen molar-refractivity contribution >= 4 is 80.7 Å². The van der Waals surface area contributed by atoms with Crippen molar-refractivity contribution in [1.29, 1.82) is 0 Å². The number of thiazole rings is 1. The van der Waals surface area contributed by atoms with Crippen LogP contribution in [0.1, 0.15) is 15.9 Å². The summed E-state index contributed by atoms with van der Waals surface area (Å²) in [6.07, 6.45) is 1.56. The molecule has 0 spiro atoms. The van der Waals surface area contributed by atoms with Crippen LogP contribution in [-0.2, 0) is 9.59 Å². The maximum atomic E-state index is 13.3.